The van der Waals surface area contributed by atoms with Gasteiger partial charge in [0.1, 0.15) is 18.1 Å². The summed E-state index contributed by atoms with van der Waals surface area (Å²) >= 11 is 0. The number of amides is 1. The zero-order valence-electron chi connectivity index (χ0n) is 16.6. The van der Waals surface area contributed by atoms with Gasteiger partial charge in [0.25, 0.3) is 5.56 Å². The number of unbranched alkanes of at least 4 members (excludes halogenated alkanes) is 1. The van der Waals surface area contributed by atoms with Crippen molar-refractivity contribution in [3.05, 3.63) is 20.8 Å². The van der Waals surface area contributed by atoms with Crippen LogP contribution in [0.2, 0.25) is 0 Å². The van der Waals surface area contributed by atoms with Crippen molar-refractivity contribution in [1.29, 1.82) is 0 Å². The molecule has 28 heavy (non-hydrogen) atoms. The van der Waals surface area contributed by atoms with Crippen LogP contribution in [0.15, 0.2) is 9.59 Å². The van der Waals surface area contributed by atoms with Crippen molar-refractivity contribution in [2.45, 2.75) is 64.6 Å². The predicted octanol–water partition coefficient (Wildman–Crippen LogP) is 0.288. The minimum absolute atomic E-state index is 0.137. The van der Waals surface area contributed by atoms with E-state index in [1.807, 2.05) is 11.8 Å². The van der Waals surface area contributed by atoms with E-state index in [-0.39, 0.29) is 24.3 Å². The molecule has 1 saturated heterocycles. The van der Waals surface area contributed by atoms with Crippen LogP contribution in [-0.4, -0.2) is 47.4 Å². The van der Waals surface area contributed by atoms with Gasteiger partial charge in [-0.1, -0.05) is 26.2 Å². The molecular formula is C19H31N5O4. The Morgan fingerprint density at radius 3 is 2.50 bits per heavy atom. The third kappa shape index (κ3) is 4.40. The van der Waals surface area contributed by atoms with Crippen LogP contribution in [0.5, 0.6) is 0 Å². The first-order valence-corrected chi connectivity index (χ1v) is 10.3. The first-order chi connectivity index (χ1) is 13.5. The molecule has 1 amide bonds. The van der Waals surface area contributed by atoms with E-state index in [2.05, 4.69) is 5.32 Å². The summed E-state index contributed by atoms with van der Waals surface area (Å²) in [6.45, 7) is 4.21. The highest BCUT2D eigenvalue weighted by Crippen LogP contribution is 2.19. The van der Waals surface area contributed by atoms with Crippen LogP contribution in [0.25, 0.3) is 0 Å². The molecule has 2 heterocycles. The van der Waals surface area contributed by atoms with Crippen molar-refractivity contribution in [3.8, 4) is 0 Å². The van der Waals surface area contributed by atoms with E-state index in [1.165, 1.54) is 4.57 Å². The number of aromatic nitrogens is 2. The fourth-order valence-electron chi connectivity index (χ4n) is 3.94. The normalized spacial score (nSPS) is 17.8. The summed E-state index contributed by atoms with van der Waals surface area (Å²) in [6, 6.07) is 0.137. The molecule has 1 aromatic heterocycles. The number of carbonyl (C=O) groups excluding carboxylic acids is 1. The molecule has 156 valence electrons. The zero-order chi connectivity index (χ0) is 20.1. The highest BCUT2D eigenvalue weighted by Gasteiger charge is 2.25. The third-order valence-corrected chi connectivity index (χ3v) is 5.53. The number of nitrogens with zero attached hydrogens (tertiary/aromatic N) is 3. The van der Waals surface area contributed by atoms with Crippen LogP contribution in [-0.2, 0) is 22.6 Å². The maximum absolute atomic E-state index is 13.1. The number of carbonyl (C=O) groups is 1. The number of hydrogen-bond acceptors (Lipinski definition) is 6. The molecule has 0 aromatic carbocycles. The summed E-state index contributed by atoms with van der Waals surface area (Å²) in [5, 5.41) is 2.95. The van der Waals surface area contributed by atoms with E-state index in [9.17, 15) is 14.4 Å². The lowest BCUT2D eigenvalue weighted by Crippen LogP contribution is -2.49. The van der Waals surface area contributed by atoms with E-state index in [4.69, 9.17) is 10.5 Å². The van der Waals surface area contributed by atoms with Gasteiger partial charge in [0.15, 0.2) is 0 Å². The van der Waals surface area contributed by atoms with Gasteiger partial charge in [0, 0.05) is 25.7 Å². The zero-order valence-corrected chi connectivity index (χ0v) is 16.6. The molecule has 2 aliphatic rings. The highest BCUT2D eigenvalue weighted by atomic mass is 16.5. The summed E-state index contributed by atoms with van der Waals surface area (Å²) in [4.78, 5) is 40.4. The average Bonchev–Trinajstić information content (AvgIpc) is 3.19. The summed E-state index contributed by atoms with van der Waals surface area (Å²) < 4.78 is 7.82. The Bertz CT molecular complexity index is 804. The molecule has 9 nitrogen and oxygen atoms in total. The first-order valence-electron chi connectivity index (χ1n) is 10.3. The van der Waals surface area contributed by atoms with E-state index >= 15 is 0 Å². The molecule has 0 spiro atoms. The molecule has 1 aliphatic carbocycles. The van der Waals surface area contributed by atoms with Gasteiger partial charge in [-0.3, -0.25) is 14.2 Å². The van der Waals surface area contributed by atoms with E-state index in [0.717, 1.165) is 43.1 Å². The number of morpholine rings is 1. The Labute approximate surface area is 164 Å². The highest BCUT2D eigenvalue weighted by molar-refractivity contribution is 5.76. The summed E-state index contributed by atoms with van der Waals surface area (Å²) in [5.74, 6) is -0.122. The fourth-order valence-corrected chi connectivity index (χ4v) is 3.94. The molecule has 0 radical (unpaired) electrons. The molecule has 3 rings (SSSR count). The second-order valence-corrected chi connectivity index (χ2v) is 7.56. The van der Waals surface area contributed by atoms with Gasteiger partial charge in [-0.15, -0.1) is 0 Å². The number of hydrogen-bond donors (Lipinski definition) is 2. The Morgan fingerprint density at radius 2 is 1.86 bits per heavy atom. The van der Waals surface area contributed by atoms with Crippen LogP contribution >= 0.6 is 0 Å². The maximum Gasteiger partial charge on any atom is 0.333 e. The largest absolute Gasteiger partial charge is 0.383 e. The molecule has 0 atom stereocenters. The third-order valence-electron chi connectivity index (χ3n) is 5.53. The number of ether oxygens (including phenoxy) is 1. The SMILES string of the molecule is CCCCn1c(N)c(N2CCOCC2)c(=O)n(CC(=O)NC2CCCC2)c1=O. The summed E-state index contributed by atoms with van der Waals surface area (Å²) in [6.07, 6.45) is 5.74. The number of nitrogens with one attached hydrogen (secondary N) is 1. The van der Waals surface area contributed by atoms with Crippen molar-refractivity contribution in [2.75, 3.05) is 36.9 Å². The van der Waals surface area contributed by atoms with Crippen LogP contribution in [0.3, 0.4) is 0 Å². The van der Waals surface area contributed by atoms with Crippen molar-refractivity contribution < 1.29 is 9.53 Å². The molecule has 9 heteroatoms. The smallest absolute Gasteiger partial charge is 0.333 e. The van der Waals surface area contributed by atoms with Gasteiger partial charge < -0.3 is 20.7 Å². The maximum atomic E-state index is 13.1. The van der Waals surface area contributed by atoms with Gasteiger partial charge >= 0.3 is 5.69 Å². The van der Waals surface area contributed by atoms with Crippen molar-refractivity contribution in [3.63, 3.8) is 0 Å². The number of rotatable bonds is 7. The van der Waals surface area contributed by atoms with Crippen molar-refractivity contribution in [1.82, 2.24) is 14.5 Å². The van der Waals surface area contributed by atoms with E-state index in [0.29, 0.717) is 38.5 Å². The molecule has 0 unspecified atom stereocenters. The van der Waals surface area contributed by atoms with E-state index in [1.54, 1.807) is 0 Å². The molecular weight excluding hydrogens is 362 g/mol. The van der Waals surface area contributed by atoms with Crippen LogP contribution < -0.4 is 27.2 Å². The van der Waals surface area contributed by atoms with Gasteiger partial charge in [-0.05, 0) is 19.3 Å². The number of nitrogen functional groups attached to an aromatic ring is 1. The van der Waals surface area contributed by atoms with Gasteiger partial charge in [0.2, 0.25) is 5.91 Å². The second-order valence-electron chi connectivity index (χ2n) is 7.56. The van der Waals surface area contributed by atoms with Crippen LogP contribution in [0.4, 0.5) is 11.5 Å². The lowest BCUT2D eigenvalue weighted by Gasteiger charge is -2.30. The molecule has 1 aromatic rings. The summed E-state index contributed by atoms with van der Waals surface area (Å²) in [5.41, 5.74) is 5.53. The Morgan fingerprint density at radius 1 is 1.18 bits per heavy atom. The molecule has 1 aliphatic heterocycles. The minimum Gasteiger partial charge on any atom is -0.383 e. The standard InChI is InChI=1S/C19H31N5O4/c1-2-3-8-23-17(20)16(22-9-11-28-12-10-22)18(26)24(19(23)27)13-15(25)21-14-6-4-5-7-14/h14H,2-13,20H2,1H3,(H,21,25). The van der Waals surface area contributed by atoms with Crippen molar-refractivity contribution >= 4 is 17.4 Å². The van der Waals surface area contributed by atoms with Crippen molar-refractivity contribution in [2.24, 2.45) is 0 Å². The Kier molecular flexibility index (Phi) is 6.77. The van der Waals surface area contributed by atoms with Gasteiger partial charge in [-0.2, -0.15) is 0 Å². The fraction of sp³-hybridized carbons (Fsp3) is 0.737. The number of nitrogens with two attached hydrogens (primary N) is 1. The number of anilines is 2. The second kappa shape index (κ2) is 9.27. The molecule has 1 saturated carbocycles. The average molecular weight is 393 g/mol. The summed E-state index contributed by atoms with van der Waals surface area (Å²) in [7, 11) is 0. The lowest BCUT2D eigenvalue weighted by atomic mass is 10.2. The lowest BCUT2D eigenvalue weighted by molar-refractivity contribution is -0.122. The van der Waals surface area contributed by atoms with Gasteiger partial charge in [-0.25, -0.2) is 9.36 Å². The topological polar surface area (TPSA) is 112 Å². The van der Waals surface area contributed by atoms with E-state index < -0.39 is 11.2 Å². The van der Waals surface area contributed by atoms with Gasteiger partial charge in [0.05, 0.1) is 13.2 Å². The first kappa shape index (κ1) is 20.4. The molecule has 3 N–H and O–H groups in total. The van der Waals surface area contributed by atoms with Crippen LogP contribution in [0, 0.1) is 0 Å². The predicted molar refractivity (Wildman–Crippen MR) is 108 cm³/mol. The Balaban J connectivity index is 1.95. The van der Waals surface area contributed by atoms with Crippen LogP contribution in [0.1, 0.15) is 45.4 Å². The molecule has 2 fully saturated rings. The molecule has 0 bridgehead atoms. The quantitative estimate of drug-likeness (QED) is 0.689. The monoisotopic (exact) mass is 393 g/mol. The Hall–Kier alpha value is -2.29. The minimum atomic E-state index is -0.519.